The molecule has 0 fully saturated rings. The standard InChI is InChI=1S/C16H18FNO2S/c1-3-12(2)15-6-4-5-7-16(15)18-21(19,20)14-10-8-13(17)9-11-14/h4-12,18H,3H2,1-2H3. The van der Waals surface area contributed by atoms with Crippen LogP contribution in [-0.2, 0) is 10.0 Å². The molecule has 0 aliphatic carbocycles. The SMILES string of the molecule is CCC(C)c1ccccc1NS(=O)(=O)c1ccc(F)cc1. The second-order valence-electron chi connectivity index (χ2n) is 4.96. The minimum Gasteiger partial charge on any atom is -0.279 e. The van der Waals surface area contributed by atoms with Crippen LogP contribution in [0.5, 0.6) is 0 Å². The van der Waals surface area contributed by atoms with Gasteiger partial charge in [0.25, 0.3) is 10.0 Å². The van der Waals surface area contributed by atoms with E-state index in [0.717, 1.165) is 24.1 Å². The van der Waals surface area contributed by atoms with Gasteiger partial charge in [-0.1, -0.05) is 32.0 Å². The average Bonchev–Trinajstić information content (AvgIpc) is 2.47. The van der Waals surface area contributed by atoms with E-state index in [0.29, 0.717) is 5.69 Å². The van der Waals surface area contributed by atoms with E-state index in [4.69, 9.17) is 0 Å². The number of benzene rings is 2. The maximum atomic E-state index is 12.9. The maximum Gasteiger partial charge on any atom is 0.261 e. The van der Waals surface area contributed by atoms with Crippen LogP contribution in [0.25, 0.3) is 0 Å². The number of hydrogen-bond acceptors (Lipinski definition) is 2. The summed E-state index contributed by atoms with van der Waals surface area (Å²) in [4.78, 5) is 0.0443. The van der Waals surface area contributed by atoms with E-state index < -0.39 is 15.8 Å². The average molecular weight is 307 g/mol. The van der Waals surface area contributed by atoms with Crippen molar-refractivity contribution in [3.63, 3.8) is 0 Å². The summed E-state index contributed by atoms with van der Waals surface area (Å²) in [6.45, 7) is 4.10. The number of anilines is 1. The molecule has 1 unspecified atom stereocenters. The van der Waals surface area contributed by atoms with Crippen LogP contribution in [0.3, 0.4) is 0 Å². The molecule has 0 amide bonds. The first-order valence-corrected chi connectivity index (χ1v) is 8.29. The van der Waals surface area contributed by atoms with E-state index in [1.807, 2.05) is 19.1 Å². The lowest BCUT2D eigenvalue weighted by molar-refractivity contribution is 0.599. The van der Waals surface area contributed by atoms with Gasteiger partial charge in [0.2, 0.25) is 0 Å². The summed E-state index contributed by atoms with van der Waals surface area (Å²) < 4.78 is 40.2. The molecular weight excluding hydrogens is 289 g/mol. The molecule has 0 bridgehead atoms. The normalized spacial score (nSPS) is 12.9. The van der Waals surface area contributed by atoms with Crippen molar-refractivity contribution in [1.82, 2.24) is 0 Å². The first-order valence-electron chi connectivity index (χ1n) is 6.81. The van der Waals surface area contributed by atoms with E-state index in [-0.39, 0.29) is 10.8 Å². The Hall–Kier alpha value is -1.88. The van der Waals surface area contributed by atoms with Crippen LogP contribution in [0.1, 0.15) is 31.7 Å². The zero-order chi connectivity index (χ0) is 15.5. The van der Waals surface area contributed by atoms with Crippen molar-refractivity contribution >= 4 is 15.7 Å². The molecule has 0 aliphatic rings. The number of rotatable bonds is 5. The van der Waals surface area contributed by atoms with E-state index in [9.17, 15) is 12.8 Å². The Morgan fingerprint density at radius 1 is 1.10 bits per heavy atom. The molecule has 2 aromatic rings. The van der Waals surface area contributed by atoms with Crippen molar-refractivity contribution in [2.24, 2.45) is 0 Å². The van der Waals surface area contributed by atoms with Crippen LogP contribution in [0.15, 0.2) is 53.4 Å². The fourth-order valence-corrected chi connectivity index (χ4v) is 3.14. The molecule has 1 N–H and O–H groups in total. The second-order valence-corrected chi connectivity index (χ2v) is 6.64. The Balaban J connectivity index is 2.35. The first-order chi connectivity index (χ1) is 9.94. The number of halogens is 1. The van der Waals surface area contributed by atoms with E-state index >= 15 is 0 Å². The molecule has 21 heavy (non-hydrogen) atoms. The lowest BCUT2D eigenvalue weighted by atomic mass is 9.97. The van der Waals surface area contributed by atoms with Crippen LogP contribution in [-0.4, -0.2) is 8.42 Å². The fraction of sp³-hybridized carbons (Fsp3) is 0.250. The zero-order valence-corrected chi connectivity index (χ0v) is 12.8. The van der Waals surface area contributed by atoms with Crippen molar-refractivity contribution in [2.75, 3.05) is 4.72 Å². The quantitative estimate of drug-likeness (QED) is 0.902. The van der Waals surface area contributed by atoms with Crippen LogP contribution in [0.2, 0.25) is 0 Å². The minimum absolute atomic E-state index is 0.0443. The Morgan fingerprint density at radius 3 is 2.33 bits per heavy atom. The molecule has 0 spiro atoms. The Kier molecular flexibility index (Phi) is 4.63. The number of hydrogen-bond donors (Lipinski definition) is 1. The van der Waals surface area contributed by atoms with Crippen molar-refractivity contribution in [1.29, 1.82) is 0 Å². The third kappa shape index (κ3) is 3.61. The predicted molar refractivity (Wildman–Crippen MR) is 82.4 cm³/mol. The fourth-order valence-electron chi connectivity index (χ4n) is 2.06. The lowest BCUT2D eigenvalue weighted by Crippen LogP contribution is -2.14. The van der Waals surface area contributed by atoms with Gasteiger partial charge in [0, 0.05) is 0 Å². The van der Waals surface area contributed by atoms with Crippen molar-refractivity contribution in [3.05, 3.63) is 59.9 Å². The molecule has 0 aromatic heterocycles. The Labute approximate surface area is 124 Å². The molecule has 0 heterocycles. The molecule has 0 radical (unpaired) electrons. The molecule has 2 rings (SSSR count). The van der Waals surface area contributed by atoms with Gasteiger partial charge >= 0.3 is 0 Å². The summed E-state index contributed by atoms with van der Waals surface area (Å²) in [5.41, 5.74) is 1.52. The number of para-hydroxylation sites is 1. The van der Waals surface area contributed by atoms with Gasteiger partial charge in [0.15, 0.2) is 0 Å². The highest BCUT2D eigenvalue weighted by atomic mass is 32.2. The summed E-state index contributed by atoms with van der Waals surface area (Å²) in [6.07, 6.45) is 0.912. The molecule has 5 heteroatoms. The highest BCUT2D eigenvalue weighted by Gasteiger charge is 2.17. The molecule has 0 saturated heterocycles. The molecule has 112 valence electrons. The summed E-state index contributed by atoms with van der Waals surface area (Å²) in [7, 11) is -3.71. The molecular formula is C16H18FNO2S. The van der Waals surface area contributed by atoms with Gasteiger partial charge in [-0.2, -0.15) is 0 Å². The zero-order valence-electron chi connectivity index (χ0n) is 12.0. The monoisotopic (exact) mass is 307 g/mol. The van der Waals surface area contributed by atoms with Gasteiger partial charge in [0.05, 0.1) is 10.6 Å². The third-order valence-corrected chi connectivity index (χ3v) is 4.85. The Morgan fingerprint density at radius 2 is 1.71 bits per heavy atom. The molecule has 3 nitrogen and oxygen atoms in total. The van der Waals surface area contributed by atoms with Gasteiger partial charge in [-0.25, -0.2) is 12.8 Å². The van der Waals surface area contributed by atoms with Crippen molar-refractivity contribution < 1.29 is 12.8 Å². The smallest absolute Gasteiger partial charge is 0.261 e. The topological polar surface area (TPSA) is 46.2 Å². The van der Waals surface area contributed by atoms with Gasteiger partial charge in [-0.15, -0.1) is 0 Å². The molecule has 0 saturated carbocycles. The van der Waals surface area contributed by atoms with Crippen molar-refractivity contribution in [3.8, 4) is 0 Å². The molecule has 2 aromatic carbocycles. The minimum atomic E-state index is -3.71. The van der Waals surface area contributed by atoms with Gasteiger partial charge in [-0.05, 0) is 48.2 Å². The highest BCUT2D eigenvalue weighted by Crippen LogP contribution is 2.28. The third-order valence-electron chi connectivity index (χ3n) is 3.47. The van der Waals surface area contributed by atoms with Crippen LogP contribution in [0.4, 0.5) is 10.1 Å². The van der Waals surface area contributed by atoms with Crippen LogP contribution < -0.4 is 4.72 Å². The molecule has 1 atom stereocenters. The van der Waals surface area contributed by atoms with E-state index in [1.54, 1.807) is 12.1 Å². The van der Waals surface area contributed by atoms with Gasteiger partial charge in [-0.3, -0.25) is 4.72 Å². The molecule has 0 aliphatic heterocycles. The number of nitrogens with one attached hydrogen (secondary N) is 1. The van der Waals surface area contributed by atoms with E-state index in [1.165, 1.54) is 12.1 Å². The lowest BCUT2D eigenvalue weighted by Gasteiger charge is -2.16. The largest absolute Gasteiger partial charge is 0.279 e. The predicted octanol–water partition coefficient (Wildman–Crippen LogP) is 4.14. The summed E-state index contributed by atoms with van der Waals surface area (Å²) in [6, 6.07) is 12.1. The van der Waals surface area contributed by atoms with Crippen molar-refractivity contribution in [2.45, 2.75) is 31.1 Å². The Bertz CT molecular complexity index is 711. The van der Waals surface area contributed by atoms with Crippen LogP contribution in [0, 0.1) is 5.82 Å². The summed E-state index contributed by atoms with van der Waals surface area (Å²) in [5, 5.41) is 0. The highest BCUT2D eigenvalue weighted by molar-refractivity contribution is 7.92. The van der Waals surface area contributed by atoms with Gasteiger partial charge in [0.1, 0.15) is 5.82 Å². The maximum absolute atomic E-state index is 12.9. The van der Waals surface area contributed by atoms with Crippen LogP contribution >= 0.6 is 0 Å². The summed E-state index contributed by atoms with van der Waals surface area (Å²) >= 11 is 0. The first kappa shape index (κ1) is 15.5. The summed E-state index contributed by atoms with van der Waals surface area (Å²) in [5.74, 6) is -0.217. The van der Waals surface area contributed by atoms with E-state index in [2.05, 4.69) is 11.6 Å². The van der Waals surface area contributed by atoms with Gasteiger partial charge < -0.3 is 0 Å². The number of sulfonamides is 1. The second kappa shape index (κ2) is 6.26.